The second-order valence-electron chi connectivity index (χ2n) is 6.98. The molecule has 3 N–H and O–H groups in total. The van der Waals surface area contributed by atoms with Crippen LogP contribution in [0.2, 0.25) is 0 Å². The van der Waals surface area contributed by atoms with Crippen LogP contribution in [0.1, 0.15) is 33.3 Å². The highest BCUT2D eigenvalue weighted by molar-refractivity contribution is 5.79. The van der Waals surface area contributed by atoms with Crippen molar-refractivity contribution in [3.63, 3.8) is 0 Å². The zero-order chi connectivity index (χ0) is 18.2. The Kier molecular flexibility index (Phi) is 7.85. The van der Waals surface area contributed by atoms with Crippen LogP contribution in [-0.4, -0.2) is 43.5 Å². The van der Waals surface area contributed by atoms with Gasteiger partial charge in [-0.1, -0.05) is 12.1 Å². The lowest BCUT2D eigenvalue weighted by molar-refractivity contribution is -0.881. The largest absolute Gasteiger partial charge is 0.351 e. The molecule has 0 aliphatic rings. The van der Waals surface area contributed by atoms with E-state index in [0.717, 1.165) is 10.5 Å². The van der Waals surface area contributed by atoms with Crippen molar-refractivity contribution in [2.45, 2.75) is 39.7 Å². The molecule has 0 aromatic heterocycles. The Hall–Kier alpha value is -1.95. The summed E-state index contributed by atoms with van der Waals surface area (Å²) in [5.74, 6) is -0.408. The Bertz CT molecular complexity index is 538. The van der Waals surface area contributed by atoms with Crippen LogP contribution in [0.4, 0.5) is 4.39 Å². The number of hydrogen-bond donors (Lipinski definition) is 3. The lowest BCUT2D eigenvalue weighted by Gasteiger charge is -2.23. The molecule has 0 radical (unpaired) electrons. The van der Waals surface area contributed by atoms with Crippen molar-refractivity contribution in [2.24, 2.45) is 0 Å². The van der Waals surface area contributed by atoms with Gasteiger partial charge in [-0.2, -0.15) is 0 Å². The predicted molar refractivity (Wildman–Crippen MR) is 92.2 cm³/mol. The number of quaternary nitrogens is 1. The molecule has 0 saturated carbocycles. The number of nitrogens with one attached hydrogen (secondary N) is 3. The normalized spacial score (nSPS) is 12.5. The minimum absolute atomic E-state index is 0.0570. The van der Waals surface area contributed by atoms with Gasteiger partial charge in [-0.25, -0.2) is 4.39 Å². The lowest BCUT2D eigenvalue weighted by atomic mass is 10.1. The Morgan fingerprint density at radius 1 is 1.08 bits per heavy atom. The molecule has 5 nitrogen and oxygen atoms in total. The van der Waals surface area contributed by atoms with Crippen molar-refractivity contribution in [2.75, 3.05) is 26.2 Å². The van der Waals surface area contributed by atoms with Crippen molar-refractivity contribution in [3.8, 4) is 0 Å². The highest BCUT2D eigenvalue weighted by Gasteiger charge is 2.20. The van der Waals surface area contributed by atoms with Crippen molar-refractivity contribution < 1.29 is 18.9 Å². The van der Waals surface area contributed by atoms with E-state index in [4.69, 9.17) is 0 Å². The summed E-state index contributed by atoms with van der Waals surface area (Å²) in [5, 5.41) is 5.75. The summed E-state index contributed by atoms with van der Waals surface area (Å²) in [6, 6.07) is 6.24. The standard InChI is InChI=1S/C18H28FN3O2/c1-5-22(13-17(24)21-18(2,3)4)12-16(23)20-11-10-14-6-8-15(19)9-7-14/h6-9H,5,10-13H2,1-4H3,(H,20,23)(H,21,24)/p+1. The summed E-state index contributed by atoms with van der Waals surface area (Å²) in [7, 11) is 0. The van der Waals surface area contributed by atoms with Gasteiger partial charge in [0.1, 0.15) is 5.82 Å². The number of benzene rings is 1. The summed E-state index contributed by atoms with van der Waals surface area (Å²) < 4.78 is 12.8. The molecule has 1 aromatic carbocycles. The molecule has 1 aromatic rings. The number of halogens is 1. The molecule has 6 heteroatoms. The molecule has 0 spiro atoms. The highest BCUT2D eigenvalue weighted by Crippen LogP contribution is 2.02. The number of carbonyl (C=O) groups is 2. The third kappa shape index (κ3) is 8.62. The van der Waals surface area contributed by atoms with Gasteiger partial charge in [0.2, 0.25) is 0 Å². The average molecular weight is 338 g/mol. The van der Waals surface area contributed by atoms with Crippen molar-refractivity contribution in [3.05, 3.63) is 35.6 Å². The minimum atomic E-state index is -0.270. The first-order chi connectivity index (χ1) is 11.2. The molecule has 1 unspecified atom stereocenters. The van der Waals surface area contributed by atoms with Crippen LogP contribution in [0, 0.1) is 5.82 Å². The zero-order valence-electron chi connectivity index (χ0n) is 15.0. The Morgan fingerprint density at radius 3 is 2.21 bits per heavy atom. The molecule has 0 saturated heterocycles. The molecule has 0 heterocycles. The Labute approximate surface area is 143 Å². The van der Waals surface area contributed by atoms with E-state index < -0.39 is 0 Å². The number of carbonyl (C=O) groups excluding carboxylic acids is 2. The molecule has 24 heavy (non-hydrogen) atoms. The second kappa shape index (κ2) is 9.37. The quantitative estimate of drug-likeness (QED) is 0.639. The topological polar surface area (TPSA) is 62.6 Å². The molecule has 134 valence electrons. The number of rotatable bonds is 8. The SMILES string of the molecule is CC[NH+](CC(=O)NCCc1ccc(F)cc1)CC(=O)NC(C)(C)C. The molecular weight excluding hydrogens is 309 g/mol. The van der Waals surface area contributed by atoms with E-state index in [-0.39, 0.29) is 36.3 Å². The lowest BCUT2D eigenvalue weighted by Crippen LogP contribution is -3.14. The molecule has 2 amide bonds. The van der Waals surface area contributed by atoms with Gasteiger partial charge in [0.15, 0.2) is 13.1 Å². The van der Waals surface area contributed by atoms with Gasteiger partial charge in [0.05, 0.1) is 6.54 Å². The van der Waals surface area contributed by atoms with E-state index in [0.29, 0.717) is 19.5 Å². The molecule has 0 fully saturated rings. The van der Waals surface area contributed by atoms with Crippen molar-refractivity contribution in [1.29, 1.82) is 0 Å². The molecule has 0 bridgehead atoms. The van der Waals surface area contributed by atoms with Crippen LogP contribution in [0.5, 0.6) is 0 Å². The van der Waals surface area contributed by atoms with E-state index in [2.05, 4.69) is 10.6 Å². The van der Waals surface area contributed by atoms with Crippen LogP contribution in [-0.2, 0) is 16.0 Å². The molecule has 1 rings (SSSR count). The van der Waals surface area contributed by atoms with Gasteiger partial charge < -0.3 is 15.5 Å². The van der Waals surface area contributed by atoms with Gasteiger partial charge >= 0.3 is 0 Å². The smallest absolute Gasteiger partial charge is 0.275 e. The first-order valence-corrected chi connectivity index (χ1v) is 8.35. The summed E-state index contributed by atoms with van der Waals surface area (Å²) in [5.41, 5.74) is 0.703. The third-order valence-electron chi connectivity index (χ3n) is 3.48. The fraction of sp³-hybridized carbons (Fsp3) is 0.556. The summed E-state index contributed by atoms with van der Waals surface area (Å²) in [6.45, 7) is 9.47. The second-order valence-corrected chi connectivity index (χ2v) is 6.98. The summed E-state index contributed by atoms with van der Waals surface area (Å²) in [4.78, 5) is 24.9. The fourth-order valence-corrected chi connectivity index (χ4v) is 2.29. The third-order valence-corrected chi connectivity index (χ3v) is 3.48. The molecular formula is C18H29FN3O2+. The molecule has 0 aliphatic heterocycles. The van der Waals surface area contributed by atoms with E-state index >= 15 is 0 Å². The van der Waals surface area contributed by atoms with Gasteiger partial charge in [0.25, 0.3) is 11.8 Å². The molecule has 1 atom stereocenters. The molecule has 0 aliphatic carbocycles. The maximum absolute atomic E-state index is 12.8. The van der Waals surface area contributed by atoms with Crippen molar-refractivity contribution >= 4 is 11.8 Å². The number of likely N-dealkylation sites (N-methyl/N-ethyl adjacent to an activating group) is 1. The van der Waals surface area contributed by atoms with Gasteiger partial charge in [-0.15, -0.1) is 0 Å². The summed E-state index contributed by atoms with van der Waals surface area (Å²) in [6.07, 6.45) is 0.651. The van der Waals surface area contributed by atoms with Crippen LogP contribution >= 0.6 is 0 Å². The number of hydrogen-bond acceptors (Lipinski definition) is 2. The monoisotopic (exact) mass is 338 g/mol. The van der Waals surface area contributed by atoms with E-state index in [1.165, 1.54) is 12.1 Å². The van der Waals surface area contributed by atoms with Crippen molar-refractivity contribution in [1.82, 2.24) is 10.6 Å². The van der Waals surface area contributed by atoms with Crippen LogP contribution < -0.4 is 15.5 Å². The van der Waals surface area contributed by atoms with E-state index in [1.807, 2.05) is 27.7 Å². The van der Waals surface area contributed by atoms with Crippen LogP contribution in [0.15, 0.2) is 24.3 Å². The van der Waals surface area contributed by atoms with Gasteiger partial charge in [-0.05, 0) is 51.8 Å². The zero-order valence-corrected chi connectivity index (χ0v) is 15.0. The average Bonchev–Trinajstić information content (AvgIpc) is 2.46. The highest BCUT2D eigenvalue weighted by atomic mass is 19.1. The maximum Gasteiger partial charge on any atom is 0.275 e. The van der Waals surface area contributed by atoms with E-state index in [9.17, 15) is 14.0 Å². The maximum atomic E-state index is 12.8. The first kappa shape index (κ1) is 20.1. The summed E-state index contributed by atoms with van der Waals surface area (Å²) >= 11 is 0. The van der Waals surface area contributed by atoms with Crippen LogP contribution in [0.25, 0.3) is 0 Å². The van der Waals surface area contributed by atoms with Crippen LogP contribution in [0.3, 0.4) is 0 Å². The Balaban J connectivity index is 2.33. The van der Waals surface area contributed by atoms with Gasteiger partial charge in [0, 0.05) is 12.1 Å². The van der Waals surface area contributed by atoms with E-state index in [1.54, 1.807) is 12.1 Å². The Morgan fingerprint density at radius 2 is 1.67 bits per heavy atom. The van der Waals surface area contributed by atoms with Gasteiger partial charge in [-0.3, -0.25) is 9.59 Å². The number of amides is 2. The first-order valence-electron chi connectivity index (χ1n) is 8.35. The minimum Gasteiger partial charge on any atom is -0.351 e. The predicted octanol–water partition coefficient (Wildman–Crippen LogP) is 0.304. The fourth-order valence-electron chi connectivity index (χ4n) is 2.29.